The Morgan fingerprint density at radius 3 is 2.43 bits per heavy atom. The molecule has 2 nitrogen and oxygen atoms in total. The van der Waals surface area contributed by atoms with Crippen LogP contribution in [0.3, 0.4) is 0 Å². The monoisotopic (exact) mass is 204 g/mol. The second-order valence-corrected chi connectivity index (χ2v) is 3.10. The summed E-state index contributed by atoms with van der Waals surface area (Å²) in [6.07, 6.45) is -5.28. The van der Waals surface area contributed by atoms with Gasteiger partial charge >= 0.3 is 6.18 Å². The van der Waals surface area contributed by atoms with E-state index in [0.29, 0.717) is 11.3 Å². The summed E-state index contributed by atoms with van der Waals surface area (Å²) in [5, 5.41) is 0. The average molecular weight is 204 g/mol. The fourth-order valence-electron chi connectivity index (χ4n) is 1.16. The number of rotatable bonds is 2. The number of hydrogen-bond acceptors (Lipinski definition) is 2. The van der Waals surface area contributed by atoms with Crippen LogP contribution in [0.2, 0.25) is 0 Å². The maximum atomic E-state index is 12.0. The van der Waals surface area contributed by atoms with E-state index >= 15 is 0 Å². The summed E-state index contributed by atoms with van der Waals surface area (Å²) in [6, 6.07) is 5.13. The van der Waals surface area contributed by atoms with Gasteiger partial charge in [0.2, 0.25) is 0 Å². The molecule has 0 saturated heterocycles. The lowest BCUT2D eigenvalue weighted by Gasteiger charge is -2.14. The third-order valence-corrected chi connectivity index (χ3v) is 1.79. The van der Waals surface area contributed by atoms with Gasteiger partial charge in [-0.3, -0.25) is 0 Å². The lowest BCUT2D eigenvalue weighted by molar-refractivity contribution is -0.138. The van der Waals surface area contributed by atoms with Crippen LogP contribution in [0.1, 0.15) is 18.0 Å². The molecule has 4 N–H and O–H groups in total. The first kappa shape index (κ1) is 10.8. The first-order valence-electron chi connectivity index (χ1n) is 4.06. The Hall–Kier alpha value is -1.23. The lowest BCUT2D eigenvalue weighted by Crippen LogP contribution is -2.20. The highest BCUT2D eigenvalue weighted by atomic mass is 19.4. The molecular formula is C9H11F3N2. The van der Waals surface area contributed by atoms with Gasteiger partial charge in [-0.15, -0.1) is 0 Å². The number of benzene rings is 1. The third kappa shape index (κ3) is 3.26. The van der Waals surface area contributed by atoms with Crippen LogP contribution in [-0.2, 0) is 0 Å². The van der Waals surface area contributed by atoms with Crippen LogP contribution >= 0.6 is 0 Å². The summed E-state index contributed by atoms with van der Waals surface area (Å²) in [6.45, 7) is 0. The molecule has 0 aliphatic rings. The Kier molecular flexibility index (Phi) is 3.00. The molecule has 0 aliphatic heterocycles. The second kappa shape index (κ2) is 3.88. The molecule has 14 heavy (non-hydrogen) atoms. The van der Waals surface area contributed by atoms with Crippen LogP contribution in [0.15, 0.2) is 24.3 Å². The quantitative estimate of drug-likeness (QED) is 0.726. The Morgan fingerprint density at radius 1 is 1.29 bits per heavy atom. The van der Waals surface area contributed by atoms with Crippen LogP contribution in [0.25, 0.3) is 0 Å². The van der Waals surface area contributed by atoms with Gasteiger partial charge in [0, 0.05) is 11.7 Å². The van der Waals surface area contributed by atoms with Crippen molar-refractivity contribution in [3.05, 3.63) is 29.8 Å². The van der Waals surface area contributed by atoms with Crippen LogP contribution in [-0.4, -0.2) is 6.18 Å². The van der Waals surface area contributed by atoms with Gasteiger partial charge in [0.25, 0.3) is 0 Å². The van der Waals surface area contributed by atoms with E-state index in [4.69, 9.17) is 11.5 Å². The van der Waals surface area contributed by atoms with Gasteiger partial charge in [-0.05, 0) is 17.7 Å². The molecule has 0 spiro atoms. The van der Waals surface area contributed by atoms with E-state index in [1.807, 2.05) is 0 Å². The second-order valence-electron chi connectivity index (χ2n) is 3.10. The highest BCUT2D eigenvalue weighted by Crippen LogP contribution is 2.28. The standard InChI is InChI=1S/C9H11F3N2/c10-9(11,12)5-8(14)6-2-1-3-7(13)4-6/h1-4,8H,5,13-14H2/t8-/m1/s1. The van der Waals surface area contributed by atoms with Crippen molar-refractivity contribution in [2.45, 2.75) is 18.6 Å². The van der Waals surface area contributed by atoms with Gasteiger partial charge in [-0.2, -0.15) is 13.2 Å². The maximum Gasteiger partial charge on any atom is 0.390 e. The average Bonchev–Trinajstić information content (AvgIpc) is 2.01. The van der Waals surface area contributed by atoms with Crippen molar-refractivity contribution in [1.29, 1.82) is 0 Å². The van der Waals surface area contributed by atoms with E-state index in [9.17, 15) is 13.2 Å². The van der Waals surface area contributed by atoms with Crippen LogP contribution in [0, 0.1) is 0 Å². The Bertz CT molecular complexity index is 309. The molecule has 0 saturated carbocycles. The van der Waals surface area contributed by atoms with Crippen molar-refractivity contribution >= 4 is 5.69 Å². The van der Waals surface area contributed by atoms with E-state index in [0.717, 1.165) is 0 Å². The molecule has 0 radical (unpaired) electrons. The Morgan fingerprint density at radius 2 is 1.93 bits per heavy atom. The number of anilines is 1. The van der Waals surface area contributed by atoms with Crippen molar-refractivity contribution in [1.82, 2.24) is 0 Å². The van der Waals surface area contributed by atoms with Crippen molar-refractivity contribution in [3.63, 3.8) is 0 Å². The van der Waals surface area contributed by atoms with E-state index < -0.39 is 18.6 Å². The molecular weight excluding hydrogens is 193 g/mol. The molecule has 0 heterocycles. The van der Waals surface area contributed by atoms with Gasteiger partial charge in [0.05, 0.1) is 6.42 Å². The van der Waals surface area contributed by atoms with Gasteiger partial charge in [-0.1, -0.05) is 12.1 Å². The molecule has 1 aromatic carbocycles. The van der Waals surface area contributed by atoms with Crippen LogP contribution < -0.4 is 11.5 Å². The molecule has 0 aliphatic carbocycles. The number of nitrogens with two attached hydrogens (primary N) is 2. The number of halogens is 3. The van der Waals surface area contributed by atoms with Gasteiger partial charge in [-0.25, -0.2) is 0 Å². The van der Waals surface area contributed by atoms with Crippen LogP contribution in [0.4, 0.5) is 18.9 Å². The van der Waals surface area contributed by atoms with Gasteiger partial charge < -0.3 is 11.5 Å². The van der Waals surface area contributed by atoms with Crippen molar-refractivity contribution in [2.24, 2.45) is 5.73 Å². The Labute approximate surface area is 79.7 Å². The molecule has 0 fully saturated rings. The summed E-state index contributed by atoms with van der Waals surface area (Å²) < 4.78 is 35.9. The molecule has 5 heteroatoms. The SMILES string of the molecule is Nc1cccc([C@H](N)CC(F)(F)F)c1. The van der Waals surface area contributed by atoms with Crippen LogP contribution in [0.5, 0.6) is 0 Å². The highest BCUT2D eigenvalue weighted by Gasteiger charge is 2.30. The third-order valence-electron chi connectivity index (χ3n) is 1.79. The summed E-state index contributed by atoms with van der Waals surface area (Å²) in [5.74, 6) is 0. The zero-order chi connectivity index (χ0) is 10.8. The molecule has 1 atom stereocenters. The zero-order valence-electron chi connectivity index (χ0n) is 7.38. The van der Waals surface area contributed by atoms with Crippen molar-refractivity contribution in [2.75, 3.05) is 5.73 Å². The summed E-state index contributed by atoms with van der Waals surface area (Å²) in [7, 11) is 0. The van der Waals surface area contributed by atoms with E-state index in [2.05, 4.69) is 0 Å². The molecule has 1 rings (SSSR count). The molecule has 0 aromatic heterocycles. The van der Waals surface area contributed by atoms with E-state index in [1.54, 1.807) is 12.1 Å². The highest BCUT2D eigenvalue weighted by molar-refractivity contribution is 5.41. The maximum absolute atomic E-state index is 12.0. The normalized spacial score (nSPS) is 14.0. The first-order valence-corrected chi connectivity index (χ1v) is 4.06. The smallest absolute Gasteiger partial charge is 0.390 e. The van der Waals surface area contributed by atoms with Gasteiger partial charge in [0.1, 0.15) is 0 Å². The summed E-state index contributed by atoms with van der Waals surface area (Å²) in [5.41, 5.74) is 11.6. The molecule has 1 aromatic rings. The van der Waals surface area contributed by atoms with Gasteiger partial charge in [0.15, 0.2) is 0 Å². The predicted molar refractivity (Wildman–Crippen MR) is 48.5 cm³/mol. The topological polar surface area (TPSA) is 52.0 Å². The fourth-order valence-corrected chi connectivity index (χ4v) is 1.16. The summed E-state index contributed by atoms with van der Waals surface area (Å²) >= 11 is 0. The minimum absolute atomic E-state index is 0.405. The number of nitrogen functional groups attached to an aromatic ring is 1. The zero-order valence-corrected chi connectivity index (χ0v) is 7.38. The van der Waals surface area contributed by atoms with Crippen molar-refractivity contribution < 1.29 is 13.2 Å². The summed E-state index contributed by atoms with van der Waals surface area (Å²) in [4.78, 5) is 0. The number of alkyl halides is 3. The molecule has 0 amide bonds. The molecule has 0 bridgehead atoms. The number of hydrogen-bond donors (Lipinski definition) is 2. The predicted octanol–water partition coefficient (Wildman–Crippen LogP) is 2.22. The first-order chi connectivity index (χ1) is 6.38. The minimum atomic E-state index is -4.25. The molecule has 78 valence electrons. The van der Waals surface area contributed by atoms with E-state index in [1.165, 1.54) is 12.1 Å². The lowest BCUT2D eigenvalue weighted by atomic mass is 10.0. The minimum Gasteiger partial charge on any atom is -0.399 e. The largest absolute Gasteiger partial charge is 0.399 e. The molecule has 0 unspecified atom stereocenters. The van der Waals surface area contributed by atoms with E-state index in [-0.39, 0.29) is 0 Å². The van der Waals surface area contributed by atoms with Crippen molar-refractivity contribution in [3.8, 4) is 0 Å². The Balaban J connectivity index is 2.74. The fraction of sp³-hybridized carbons (Fsp3) is 0.333.